The molecular formula is C32H45N3O5. The first-order chi connectivity index (χ1) is 19.1. The predicted octanol–water partition coefficient (Wildman–Crippen LogP) is 3.94. The van der Waals surface area contributed by atoms with E-state index in [1.165, 1.54) is 0 Å². The molecule has 0 aliphatic carbocycles. The van der Waals surface area contributed by atoms with Crippen molar-refractivity contribution in [3.8, 4) is 0 Å². The van der Waals surface area contributed by atoms with Crippen LogP contribution in [-0.4, -0.2) is 81.7 Å². The number of anilines is 1. The second kappa shape index (κ2) is 11.9. The normalized spacial score (nSPS) is 30.1. The summed E-state index contributed by atoms with van der Waals surface area (Å²) < 4.78 is 6.82. The molecule has 8 nitrogen and oxygen atoms in total. The number of hydrogen-bond donors (Lipinski definition) is 1. The number of rotatable bonds is 13. The highest BCUT2D eigenvalue weighted by Gasteiger charge is 2.78. The Labute approximate surface area is 238 Å². The van der Waals surface area contributed by atoms with Crippen LogP contribution >= 0.6 is 0 Å². The van der Waals surface area contributed by atoms with E-state index in [1.807, 2.05) is 51.1 Å². The van der Waals surface area contributed by atoms with Gasteiger partial charge in [0.05, 0.1) is 30.1 Å². The molecule has 1 spiro atoms. The molecule has 0 radical (unpaired) electrons. The van der Waals surface area contributed by atoms with Crippen LogP contribution in [0.4, 0.5) is 5.69 Å². The van der Waals surface area contributed by atoms with Crippen LogP contribution in [0.2, 0.25) is 0 Å². The average molecular weight is 552 g/mol. The van der Waals surface area contributed by atoms with E-state index in [0.717, 1.165) is 18.5 Å². The Kier molecular flexibility index (Phi) is 8.90. The van der Waals surface area contributed by atoms with Gasteiger partial charge < -0.3 is 24.5 Å². The number of para-hydroxylation sites is 1. The van der Waals surface area contributed by atoms with Crippen LogP contribution in [0.25, 0.3) is 0 Å². The number of benzene rings is 1. The van der Waals surface area contributed by atoms with Crippen molar-refractivity contribution in [3.05, 3.63) is 55.6 Å². The van der Waals surface area contributed by atoms with Crippen molar-refractivity contribution in [1.29, 1.82) is 0 Å². The lowest BCUT2D eigenvalue weighted by Gasteiger charge is -2.41. The van der Waals surface area contributed by atoms with Crippen LogP contribution in [0.3, 0.4) is 0 Å². The fourth-order valence-corrected chi connectivity index (χ4v) is 7.41. The maximum atomic E-state index is 14.5. The highest BCUT2D eigenvalue weighted by Crippen LogP contribution is 2.64. The zero-order valence-electron chi connectivity index (χ0n) is 24.4. The summed E-state index contributed by atoms with van der Waals surface area (Å²) in [6.45, 7) is 16.0. The topological polar surface area (TPSA) is 90.4 Å². The van der Waals surface area contributed by atoms with Crippen LogP contribution in [-0.2, 0) is 19.1 Å². The molecule has 3 unspecified atom stereocenters. The van der Waals surface area contributed by atoms with Gasteiger partial charge >= 0.3 is 0 Å². The number of fused-ring (bicyclic) bond motifs is 1. The zero-order chi connectivity index (χ0) is 29.2. The van der Waals surface area contributed by atoms with Gasteiger partial charge in [0.2, 0.25) is 17.7 Å². The lowest BCUT2D eigenvalue weighted by Crippen LogP contribution is -2.60. The number of ether oxygens (including phenoxy) is 1. The molecule has 3 aliphatic rings. The molecule has 3 aliphatic heterocycles. The highest BCUT2D eigenvalue weighted by molar-refractivity contribution is 6.03. The van der Waals surface area contributed by atoms with Gasteiger partial charge in [0.1, 0.15) is 11.6 Å². The van der Waals surface area contributed by atoms with Gasteiger partial charge in [-0.15, -0.1) is 13.2 Å². The molecule has 4 rings (SSSR count). The fourth-order valence-electron chi connectivity index (χ4n) is 7.41. The minimum absolute atomic E-state index is 0.0649. The van der Waals surface area contributed by atoms with Crippen molar-refractivity contribution in [1.82, 2.24) is 9.80 Å². The van der Waals surface area contributed by atoms with E-state index in [2.05, 4.69) is 20.1 Å². The quantitative estimate of drug-likeness (QED) is 0.375. The predicted molar refractivity (Wildman–Crippen MR) is 156 cm³/mol. The smallest absolute Gasteiger partial charge is 0.248 e. The van der Waals surface area contributed by atoms with Gasteiger partial charge in [-0.25, -0.2) is 0 Å². The summed E-state index contributed by atoms with van der Waals surface area (Å²) in [6, 6.07) is 7.81. The lowest BCUT2D eigenvalue weighted by atomic mass is 9.66. The number of aliphatic hydroxyl groups is 1. The average Bonchev–Trinajstić information content (AvgIpc) is 3.52. The number of carbonyl (C=O) groups is 3. The van der Waals surface area contributed by atoms with Gasteiger partial charge in [-0.2, -0.15) is 0 Å². The zero-order valence-corrected chi connectivity index (χ0v) is 24.4. The third-order valence-corrected chi connectivity index (χ3v) is 9.28. The van der Waals surface area contributed by atoms with Crippen molar-refractivity contribution < 1.29 is 24.2 Å². The molecule has 0 aromatic heterocycles. The lowest BCUT2D eigenvalue weighted by molar-refractivity contribution is -0.156. The van der Waals surface area contributed by atoms with E-state index in [-0.39, 0.29) is 36.9 Å². The maximum absolute atomic E-state index is 14.5. The Morgan fingerprint density at radius 3 is 2.40 bits per heavy atom. The molecule has 3 heterocycles. The summed E-state index contributed by atoms with van der Waals surface area (Å²) in [5.74, 6) is -2.29. The van der Waals surface area contributed by atoms with E-state index in [9.17, 15) is 19.5 Å². The summed E-state index contributed by atoms with van der Waals surface area (Å²) in [5.41, 5.74) is -1.32. The summed E-state index contributed by atoms with van der Waals surface area (Å²) in [7, 11) is 0. The van der Waals surface area contributed by atoms with E-state index < -0.39 is 35.1 Å². The van der Waals surface area contributed by atoms with Crippen molar-refractivity contribution in [3.63, 3.8) is 0 Å². The van der Waals surface area contributed by atoms with E-state index in [4.69, 9.17) is 4.74 Å². The van der Waals surface area contributed by atoms with Gasteiger partial charge in [-0.1, -0.05) is 50.6 Å². The molecule has 8 heteroatoms. The second-order valence-corrected chi connectivity index (χ2v) is 11.7. The van der Waals surface area contributed by atoms with E-state index >= 15 is 0 Å². The number of nitrogens with zero attached hydrogens (tertiary/aromatic N) is 3. The third-order valence-electron chi connectivity index (χ3n) is 9.28. The molecule has 3 saturated heterocycles. The highest BCUT2D eigenvalue weighted by atomic mass is 16.5. The van der Waals surface area contributed by atoms with E-state index in [0.29, 0.717) is 25.8 Å². The van der Waals surface area contributed by atoms with Crippen LogP contribution in [0, 0.1) is 11.8 Å². The largest absolute Gasteiger partial charge is 0.394 e. The molecule has 0 saturated carbocycles. The number of amides is 3. The standard InChI is InChI=1S/C32H45N3O5/c1-7-14-22(5)33(19-8-2)30(39)27-32-18-17-31(6,40-32)25(26(32)29(38)35(27)23(10-4)21-36)28(37)34(20-9-3)24-15-12-11-13-16-24/h8-9,11-13,15-16,22-23,25-27,36H,2-3,7,10,14,17-21H2,1,4-6H3/t22?,23-,25-,26-,27?,31+,32?/m0/s1. The first-order valence-corrected chi connectivity index (χ1v) is 14.7. The minimum Gasteiger partial charge on any atom is -0.394 e. The van der Waals surface area contributed by atoms with Crippen LogP contribution in [0.1, 0.15) is 59.8 Å². The van der Waals surface area contributed by atoms with Gasteiger partial charge in [0.25, 0.3) is 0 Å². The molecule has 2 bridgehead atoms. The molecule has 3 fully saturated rings. The van der Waals surface area contributed by atoms with Gasteiger partial charge in [-0.05, 0) is 51.7 Å². The van der Waals surface area contributed by atoms with Crippen molar-refractivity contribution in [2.75, 3.05) is 24.6 Å². The van der Waals surface area contributed by atoms with Crippen LogP contribution in [0.15, 0.2) is 55.6 Å². The van der Waals surface area contributed by atoms with Crippen molar-refractivity contribution in [2.24, 2.45) is 11.8 Å². The number of aliphatic hydroxyl groups excluding tert-OH is 1. The molecule has 1 N–H and O–H groups in total. The Bertz CT molecular complexity index is 1120. The summed E-state index contributed by atoms with van der Waals surface area (Å²) in [6.07, 6.45) is 6.62. The molecular weight excluding hydrogens is 506 g/mol. The van der Waals surface area contributed by atoms with Crippen LogP contribution < -0.4 is 4.90 Å². The Morgan fingerprint density at radius 1 is 1.15 bits per heavy atom. The SMILES string of the molecule is C=CCN(C(=O)[C@@H]1[C@H]2C(=O)N([C@@H](CC)CO)C(C(=O)N(CC=C)C(C)CCC)C23CC[C@@]1(C)O3)c1ccccc1. The number of likely N-dealkylation sites (tertiary alicyclic amines) is 1. The second-order valence-electron chi connectivity index (χ2n) is 11.7. The summed E-state index contributed by atoms with van der Waals surface area (Å²) in [4.78, 5) is 48.4. The Balaban J connectivity index is 1.83. The molecule has 1 aromatic rings. The fraction of sp³-hybridized carbons (Fsp3) is 0.594. The molecule has 1 aromatic carbocycles. The van der Waals surface area contributed by atoms with Crippen LogP contribution in [0.5, 0.6) is 0 Å². The minimum atomic E-state index is -1.15. The number of hydrogen-bond acceptors (Lipinski definition) is 5. The summed E-state index contributed by atoms with van der Waals surface area (Å²) >= 11 is 0. The third kappa shape index (κ3) is 4.69. The molecule has 40 heavy (non-hydrogen) atoms. The molecule has 3 amide bonds. The van der Waals surface area contributed by atoms with E-state index in [1.54, 1.807) is 26.9 Å². The Hall–Kier alpha value is -2.97. The van der Waals surface area contributed by atoms with Crippen molar-refractivity contribution in [2.45, 2.75) is 89.1 Å². The van der Waals surface area contributed by atoms with Gasteiger partial charge in [0.15, 0.2) is 0 Å². The molecule has 7 atom stereocenters. The van der Waals surface area contributed by atoms with Crippen molar-refractivity contribution >= 4 is 23.4 Å². The first-order valence-electron chi connectivity index (χ1n) is 14.7. The summed E-state index contributed by atoms with van der Waals surface area (Å²) in [5, 5.41) is 10.3. The molecule has 218 valence electrons. The van der Waals surface area contributed by atoms with Gasteiger partial charge in [-0.3, -0.25) is 14.4 Å². The number of carbonyl (C=O) groups excluding carboxylic acids is 3. The first kappa shape index (κ1) is 30.0. The Morgan fingerprint density at radius 2 is 1.82 bits per heavy atom. The maximum Gasteiger partial charge on any atom is 0.248 e. The monoisotopic (exact) mass is 551 g/mol. The van der Waals surface area contributed by atoms with Gasteiger partial charge in [0, 0.05) is 24.8 Å².